The fraction of sp³-hybridized carbons (Fsp3) is 0.600. The molecule has 0 amide bonds. The molecule has 1 aromatic carbocycles. The lowest BCUT2D eigenvalue weighted by Gasteiger charge is -2.19. The Balaban J connectivity index is 2.67. The molecule has 0 N–H and O–H groups in total. The standard InChI is InChI=1S/C20H32O2S/c1-5-10-19(16-15-18(4)12-9-11-17(2)3)23(21,22)20-13-7-6-8-14-20/h6-8,11,13-14,18-19H,5,9-10,12,15-16H2,1-4H3/t18-,19?/m1/s1. The van der Waals surface area contributed by atoms with E-state index in [0.717, 1.165) is 38.5 Å². The predicted molar refractivity (Wildman–Crippen MR) is 99.4 cm³/mol. The van der Waals surface area contributed by atoms with Gasteiger partial charge in [0.2, 0.25) is 0 Å². The van der Waals surface area contributed by atoms with E-state index in [4.69, 9.17) is 0 Å². The molecule has 0 aromatic heterocycles. The fourth-order valence-corrected chi connectivity index (χ4v) is 4.76. The van der Waals surface area contributed by atoms with E-state index in [1.54, 1.807) is 24.3 Å². The van der Waals surface area contributed by atoms with E-state index in [1.807, 2.05) is 6.07 Å². The highest BCUT2D eigenvalue weighted by Gasteiger charge is 2.26. The van der Waals surface area contributed by atoms with Crippen LogP contribution < -0.4 is 0 Å². The van der Waals surface area contributed by atoms with E-state index in [1.165, 1.54) is 5.57 Å². The van der Waals surface area contributed by atoms with Gasteiger partial charge in [-0.05, 0) is 64.0 Å². The van der Waals surface area contributed by atoms with E-state index in [9.17, 15) is 8.42 Å². The number of hydrogen-bond acceptors (Lipinski definition) is 2. The summed E-state index contributed by atoms with van der Waals surface area (Å²) >= 11 is 0. The van der Waals surface area contributed by atoms with Crippen molar-refractivity contribution in [3.8, 4) is 0 Å². The first-order valence-electron chi connectivity index (χ1n) is 8.80. The van der Waals surface area contributed by atoms with Crippen LogP contribution in [0.15, 0.2) is 46.9 Å². The Kier molecular flexibility index (Phi) is 8.60. The monoisotopic (exact) mass is 336 g/mol. The predicted octanol–water partition coefficient (Wildman–Crippen LogP) is 5.79. The maximum absolute atomic E-state index is 12.8. The lowest BCUT2D eigenvalue weighted by molar-refractivity contribution is 0.457. The molecule has 0 fully saturated rings. The van der Waals surface area contributed by atoms with Gasteiger partial charge in [0.1, 0.15) is 0 Å². The van der Waals surface area contributed by atoms with Gasteiger partial charge in [-0.25, -0.2) is 8.42 Å². The minimum absolute atomic E-state index is 0.249. The van der Waals surface area contributed by atoms with Crippen LogP contribution in [0.5, 0.6) is 0 Å². The van der Waals surface area contributed by atoms with Crippen molar-refractivity contribution in [2.24, 2.45) is 5.92 Å². The molecule has 3 heteroatoms. The number of hydrogen-bond donors (Lipinski definition) is 0. The van der Waals surface area contributed by atoms with Crippen molar-refractivity contribution in [1.29, 1.82) is 0 Å². The fourth-order valence-electron chi connectivity index (χ4n) is 2.85. The van der Waals surface area contributed by atoms with Gasteiger partial charge in [0.25, 0.3) is 0 Å². The van der Waals surface area contributed by atoms with Gasteiger partial charge in [0.05, 0.1) is 10.1 Å². The van der Waals surface area contributed by atoms with E-state index >= 15 is 0 Å². The van der Waals surface area contributed by atoms with Crippen LogP contribution in [0.2, 0.25) is 0 Å². The number of sulfone groups is 1. The van der Waals surface area contributed by atoms with E-state index < -0.39 is 9.84 Å². The van der Waals surface area contributed by atoms with E-state index in [-0.39, 0.29) is 5.25 Å². The lowest BCUT2D eigenvalue weighted by Crippen LogP contribution is -2.22. The van der Waals surface area contributed by atoms with Crippen LogP contribution in [0.1, 0.15) is 66.2 Å². The number of allylic oxidation sites excluding steroid dienone is 2. The van der Waals surface area contributed by atoms with Crippen molar-refractivity contribution < 1.29 is 8.42 Å². The molecule has 1 aromatic rings. The Labute approximate surface area is 142 Å². The molecule has 0 spiro atoms. The topological polar surface area (TPSA) is 34.1 Å². The molecule has 2 nitrogen and oxygen atoms in total. The summed E-state index contributed by atoms with van der Waals surface area (Å²) in [5.41, 5.74) is 1.35. The zero-order valence-corrected chi connectivity index (χ0v) is 15.9. The normalized spacial score (nSPS) is 14.3. The highest BCUT2D eigenvalue weighted by Crippen LogP contribution is 2.25. The van der Waals surface area contributed by atoms with E-state index in [0.29, 0.717) is 10.8 Å². The summed E-state index contributed by atoms with van der Waals surface area (Å²) in [6.07, 6.45) is 7.89. The third kappa shape index (κ3) is 6.90. The molecule has 0 saturated carbocycles. The first-order chi connectivity index (χ1) is 10.9. The quantitative estimate of drug-likeness (QED) is 0.507. The summed E-state index contributed by atoms with van der Waals surface area (Å²) in [4.78, 5) is 0.468. The van der Waals surface area contributed by atoms with Gasteiger partial charge in [-0.2, -0.15) is 0 Å². The van der Waals surface area contributed by atoms with Crippen molar-refractivity contribution in [3.63, 3.8) is 0 Å². The Bertz CT molecular complexity index is 569. The molecule has 23 heavy (non-hydrogen) atoms. The highest BCUT2D eigenvalue weighted by atomic mass is 32.2. The van der Waals surface area contributed by atoms with Crippen LogP contribution in [0, 0.1) is 5.92 Å². The molecule has 1 unspecified atom stereocenters. The van der Waals surface area contributed by atoms with Crippen LogP contribution in [-0.2, 0) is 9.84 Å². The molecule has 0 aliphatic rings. The lowest BCUT2D eigenvalue weighted by atomic mass is 9.97. The van der Waals surface area contributed by atoms with Crippen molar-refractivity contribution in [2.75, 3.05) is 0 Å². The number of rotatable bonds is 10. The summed E-state index contributed by atoms with van der Waals surface area (Å²) in [6.45, 7) is 8.53. The summed E-state index contributed by atoms with van der Waals surface area (Å²) in [5.74, 6) is 0.566. The first-order valence-corrected chi connectivity index (χ1v) is 10.3. The van der Waals surface area contributed by atoms with Gasteiger partial charge in [-0.3, -0.25) is 0 Å². The summed E-state index contributed by atoms with van der Waals surface area (Å²) < 4.78 is 25.7. The molecule has 0 aliphatic heterocycles. The molecule has 0 heterocycles. The summed E-state index contributed by atoms with van der Waals surface area (Å²) in [5, 5.41) is -0.249. The number of benzene rings is 1. The average Bonchev–Trinajstić information content (AvgIpc) is 2.51. The third-order valence-corrected chi connectivity index (χ3v) is 6.59. The summed E-state index contributed by atoms with van der Waals surface area (Å²) in [6, 6.07) is 8.90. The SMILES string of the molecule is CCCC(CC[C@H](C)CCC=C(C)C)S(=O)(=O)c1ccccc1. The Morgan fingerprint density at radius 2 is 1.70 bits per heavy atom. The van der Waals surface area contributed by atoms with Crippen LogP contribution in [0.3, 0.4) is 0 Å². The molecular formula is C20H32O2S. The summed E-state index contributed by atoms with van der Waals surface area (Å²) in [7, 11) is -3.20. The molecule has 130 valence electrons. The minimum Gasteiger partial charge on any atom is -0.223 e. The van der Waals surface area contributed by atoms with Gasteiger partial charge in [-0.15, -0.1) is 0 Å². The van der Waals surface area contributed by atoms with E-state index in [2.05, 4.69) is 33.8 Å². The molecular weight excluding hydrogens is 304 g/mol. The zero-order chi connectivity index (χ0) is 17.3. The molecule has 0 radical (unpaired) electrons. The van der Waals surface area contributed by atoms with Gasteiger partial charge in [0, 0.05) is 0 Å². The third-order valence-electron chi connectivity index (χ3n) is 4.31. The maximum Gasteiger partial charge on any atom is 0.181 e. The molecule has 0 aliphatic carbocycles. The van der Waals surface area contributed by atoms with Crippen LogP contribution >= 0.6 is 0 Å². The highest BCUT2D eigenvalue weighted by molar-refractivity contribution is 7.92. The molecule has 0 saturated heterocycles. The molecule has 0 bridgehead atoms. The van der Waals surface area contributed by atoms with Gasteiger partial charge < -0.3 is 0 Å². The molecule has 2 atom stereocenters. The first kappa shape index (κ1) is 20.0. The largest absolute Gasteiger partial charge is 0.223 e. The van der Waals surface area contributed by atoms with Crippen LogP contribution in [-0.4, -0.2) is 13.7 Å². The maximum atomic E-state index is 12.8. The second kappa shape index (κ2) is 9.92. The van der Waals surface area contributed by atoms with Crippen molar-refractivity contribution >= 4 is 9.84 Å². The molecule has 1 rings (SSSR count). The average molecular weight is 337 g/mol. The zero-order valence-electron chi connectivity index (χ0n) is 15.1. The Hall–Kier alpha value is -1.09. The van der Waals surface area contributed by atoms with Crippen LogP contribution in [0.25, 0.3) is 0 Å². The van der Waals surface area contributed by atoms with Crippen molar-refractivity contribution in [3.05, 3.63) is 42.0 Å². The van der Waals surface area contributed by atoms with Crippen molar-refractivity contribution in [1.82, 2.24) is 0 Å². The smallest absolute Gasteiger partial charge is 0.181 e. The van der Waals surface area contributed by atoms with Gasteiger partial charge in [0.15, 0.2) is 9.84 Å². The van der Waals surface area contributed by atoms with Crippen LogP contribution in [0.4, 0.5) is 0 Å². The van der Waals surface area contributed by atoms with Crippen molar-refractivity contribution in [2.45, 2.75) is 76.4 Å². The minimum atomic E-state index is -3.20. The second-order valence-electron chi connectivity index (χ2n) is 6.81. The Morgan fingerprint density at radius 3 is 2.26 bits per heavy atom. The van der Waals surface area contributed by atoms with Gasteiger partial charge >= 0.3 is 0 Å². The van der Waals surface area contributed by atoms with Gasteiger partial charge in [-0.1, -0.05) is 50.1 Å². The second-order valence-corrected chi connectivity index (χ2v) is 9.04. The Morgan fingerprint density at radius 1 is 1.04 bits per heavy atom.